The molecule has 0 aliphatic heterocycles. The summed E-state index contributed by atoms with van der Waals surface area (Å²) in [5.74, 6) is 1.40. The van der Waals surface area contributed by atoms with E-state index in [1.807, 2.05) is 57.2 Å². The highest BCUT2D eigenvalue weighted by atomic mass is 16.5. The lowest BCUT2D eigenvalue weighted by molar-refractivity contribution is 0.0939. The van der Waals surface area contributed by atoms with Gasteiger partial charge in [-0.25, -0.2) is 0 Å². The molecule has 0 aliphatic rings. The van der Waals surface area contributed by atoms with E-state index in [0.717, 1.165) is 17.1 Å². The third kappa shape index (κ3) is 4.49. The number of ether oxygens (including phenoxy) is 2. The molecule has 2 rings (SSSR count). The molecule has 0 bridgehead atoms. The quantitative estimate of drug-likeness (QED) is 0.877. The molecule has 0 aliphatic carbocycles. The highest BCUT2D eigenvalue weighted by Crippen LogP contribution is 2.24. The van der Waals surface area contributed by atoms with Gasteiger partial charge in [0.05, 0.1) is 19.3 Å². The molecule has 0 saturated carbocycles. The Labute approximate surface area is 137 Å². The molecule has 23 heavy (non-hydrogen) atoms. The maximum absolute atomic E-state index is 12.4. The molecule has 0 unspecified atom stereocenters. The van der Waals surface area contributed by atoms with Crippen LogP contribution in [0.5, 0.6) is 11.5 Å². The summed E-state index contributed by atoms with van der Waals surface area (Å²) in [6.45, 7) is 5.87. The molecule has 4 heteroatoms. The molecule has 1 N–H and O–H groups in total. The Morgan fingerprint density at radius 2 is 1.65 bits per heavy atom. The zero-order chi connectivity index (χ0) is 16.8. The summed E-state index contributed by atoms with van der Waals surface area (Å²) in [6, 6.07) is 14.7. The average Bonchev–Trinajstić information content (AvgIpc) is 2.54. The fourth-order valence-electron chi connectivity index (χ4n) is 2.34. The Kier molecular flexibility index (Phi) is 5.63. The average molecular weight is 313 g/mol. The molecule has 0 heterocycles. The van der Waals surface area contributed by atoms with E-state index in [9.17, 15) is 4.79 Å². The molecule has 4 nitrogen and oxygen atoms in total. The van der Waals surface area contributed by atoms with Crippen molar-refractivity contribution in [2.75, 3.05) is 7.11 Å². The smallest absolute Gasteiger partial charge is 0.251 e. The van der Waals surface area contributed by atoms with E-state index in [0.29, 0.717) is 5.56 Å². The predicted molar refractivity (Wildman–Crippen MR) is 91.1 cm³/mol. The van der Waals surface area contributed by atoms with E-state index in [4.69, 9.17) is 9.47 Å². The van der Waals surface area contributed by atoms with Crippen molar-refractivity contribution in [3.05, 3.63) is 59.7 Å². The van der Waals surface area contributed by atoms with E-state index in [1.54, 1.807) is 19.2 Å². The molecule has 2 aromatic rings. The number of benzene rings is 2. The lowest BCUT2D eigenvalue weighted by atomic mass is 10.1. The van der Waals surface area contributed by atoms with Crippen LogP contribution in [0.4, 0.5) is 0 Å². The first-order valence-electron chi connectivity index (χ1n) is 7.71. The number of carbonyl (C=O) groups excluding carboxylic acids is 1. The molecule has 122 valence electrons. The second-order valence-electron chi connectivity index (χ2n) is 5.63. The maximum Gasteiger partial charge on any atom is 0.251 e. The van der Waals surface area contributed by atoms with Crippen LogP contribution < -0.4 is 14.8 Å². The van der Waals surface area contributed by atoms with E-state index < -0.39 is 0 Å². The summed E-state index contributed by atoms with van der Waals surface area (Å²) in [5, 5.41) is 2.99. The third-order valence-corrected chi connectivity index (χ3v) is 3.44. The maximum atomic E-state index is 12.4. The van der Waals surface area contributed by atoms with Crippen molar-refractivity contribution in [3.63, 3.8) is 0 Å². The SMILES string of the molecule is COc1ccccc1[C@@H](C)NC(=O)c1ccc(OC(C)C)cc1. The van der Waals surface area contributed by atoms with Crippen LogP contribution >= 0.6 is 0 Å². The number of methoxy groups -OCH3 is 1. The number of hydrogen-bond acceptors (Lipinski definition) is 3. The van der Waals surface area contributed by atoms with E-state index in [2.05, 4.69) is 5.32 Å². The van der Waals surface area contributed by atoms with Gasteiger partial charge in [0, 0.05) is 11.1 Å². The lowest BCUT2D eigenvalue weighted by Crippen LogP contribution is -2.26. The molecule has 1 atom stereocenters. The van der Waals surface area contributed by atoms with E-state index in [-0.39, 0.29) is 18.1 Å². The Hall–Kier alpha value is -2.49. The summed E-state index contributed by atoms with van der Waals surface area (Å²) in [7, 11) is 1.63. The zero-order valence-corrected chi connectivity index (χ0v) is 14.0. The minimum absolute atomic E-state index is 0.111. The molecule has 0 spiro atoms. The van der Waals surface area contributed by atoms with Crippen molar-refractivity contribution in [1.29, 1.82) is 0 Å². The van der Waals surface area contributed by atoms with Gasteiger partial charge in [0.2, 0.25) is 0 Å². The minimum Gasteiger partial charge on any atom is -0.496 e. The van der Waals surface area contributed by atoms with E-state index >= 15 is 0 Å². The summed E-state index contributed by atoms with van der Waals surface area (Å²) in [6.07, 6.45) is 0.111. The molecule has 2 aromatic carbocycles. The number of rotatable bonds is 6. The van der Waals surface area contributed by atoms with Crippen LogP contribution in [0, 0.1) is 0 Å². The monoisotopic (exact) mass is 313 g/mol. The van der Waals surface area contributed by atoms with Crippen LogP contribution in [0.2, 0.25) is 0 Å². The van der Waals surface area contributed by atoms with Gasteiger partial charge in [-0.15, -0.1) is 0 Å². The second-order valence-corrected chi connectivity index (χ2v) is 5.63. The molecule has 0 radical (unpaired) electrons. The standard InChI is InChI=1S/C19H23NO3/c1-13(2)23-16-11-9-15(10-12-16)19(21)20-14(3)17-7-5-6-8-18(17)22-4/h5-14H,1-4H3,(H,20,21)/t14-/m1/s1. The molecule has 0 aromatic heterocycles. The topological polar surface area (TPSA) is 47.6 Å². The fraction of sp³-hybridized carbons (Fsp3) is 0.316. The first-order chi connectivity index (χ1) is 11.0. The minimum atomic E-state index is -0.148. The molecule has 1 amide bonds. The number of nitrogens with one attached hydrogen (secondary N) is 1. The van der Waals surface area contributed by atoms with Crippen LogP contribution in [0.15, 0.2) is 48.5 Å². The molecule has 0 saturated heterocycles. The zero-order valence-electron chi connectivity index (χ0n) is 14.0. The van der Waals surface area contributed by atoms with Crippen LogP contribution in [-0.4, -0.2) is 19.1 Å². The van der Waals surface area contributed by atoms with Crippen LogP contribution in [0.1, 0.15) is 42.7 Å². The van der Waals surface area contributed by atoms with Crippen LogP contribution in [0.3, 0.4) is 0 Å². The number of hydrogen-bond donors (Lipinski definition) is 1. The second kappa shape index (κ2) is 7.68. The van der Waals surface area contributed by atoms with Gasteiger partial charge >= 0.3 is 0 Å². The third-order valence-electron chi connectivity index (χ3n) is 3.44. The van der Waals surface area contributed by atoms with Gasteiger partial charge in [-0.1, -0.05) is 18.2 Å². The van der Waals surface area contributed by atoms with Crippen molar-refractivity contribution in [2.24, 2.45) is 0 Å². The largest absolute Gasteiger partial charge is 0.496 e. The van der Waals surface area contributed by atoms with Crippen LogP contribution in [0.25, 0.3) is 0 Å². The van der Waals surface area contributed by atoms with Gasteiger partial charge in [0.25, 0.3) is 5.91 Å². The summed E-state index contributed by atoms with van der Waals surface area (Å²) >= 11 is 0. The van der Waals surface area contributed by atoms with Crippen molar-refractivity contribution in [3.8, 4) is 11.5 Å². The van der Waals surface area contributed by atoms with Crippen molar-refractivity contribution >= 4 is 5.91 Å². The Balaban J connectivity index is 2.06. The molecular weight excluding hydrogens is 290 g/mol. The number of carbonyl (C=O) groups is 1. The van der Waals surface area contributed by atoms with Gasteiger partial charge in [0.1, 0.15) is 11.5 Å². The van der Waals surface area contributed by atoms with E-state index in [1.165, 1.54) is 0 Å². The Morgan fingerprint density at radius 3 is 2.26 bits per heavy atom. The first kappa shape index (κ1) is 16.9. The summed E-state index contributed by atoms with van der Waals surface area (Å²) in [5.41, 5.74) is 1.55. The van der Waals surface area contributed by atoms with Gasteiger partial charge in [-0.05, 0) is 51.1 Å². The highest BCUT2D eigenvalue weighted by Gasteiger charge is 2.14. The normalized spacial score (nSPS) is 11.9. The van der Waals surface area contributed by atoms with Gasteiger partial charge in [-0.3, -0.25) is 4.79 Å². The highest BCUT2D eigenvalue weighted by molar-refractivity contribution is 5.94. The molecule has 0 fully saturated rings. The van der Waals surface area contributed by atoms with Gasteiger partial charge < -0.3 is 14.8 Å². The number of para-hydroxylation sites is 1. The predicted octanol–water partition coefficient (Wildman–Crippen LogP) is 3.97. The summed E-state index contributed by atoms with van der Waals surface area (Å²) < 4.78 is 10.9. The summed E-state index contributed by atoms with van der Waals surface area (Å²) in [4.78, 5) is 12.4. The first-order valence-corrected chi connectivity index (χ1v) is 7.71. The Bertz CT molecular complexity index is 650. The van der Waals surface area contributed by atoms with Gasteiger partial charge in [0.15, 0.2) is 0 Å². The molecular formula is C19H23NO3. The Morgan fingerprint density at radius 1 is 1.00 bits per heavy atom. The van der Waals surface area contributed by atoms with Crippen molar-refractivity contribution in [1.82, 2.24) is 5.32 Å². The lowest BCUT2D eigenvalue weighted by Gasteiger charge is -2.17. The fourth-order valence-corrected chi connectivity index (χ4v) is 2.34. The van der Waals surface area contributed by atoms with Crippen LogP contribution in [-0.2, 0) is 0 Å². The van der Waals surface area contributed by atoms with Crippen molar-refractivity contribution < 1.29 is 14.3 Å². The number of amides is 1. The van der Waals surface area contributed by atoms with Gasteiger partial charge in [-0.2, -0.15) is 0 Å². The van der Waals surface area contributed by atoms with Crippen molar-refractivity contribution in [2.45, 2.75) is 32.9 Å².